The molecule has 92 valence electrons. The van der Waals surface area contributed by atoms with E-state index in [1.54, 1.807) is 0 Å². The summed E-state index contributed by atoms with van der Waals surface area (Å²) < 4.78 is 5.97. The molecule has 1 atom stereocenters. The van der Waals surface area contributed by atoms with Crippen molar-refractivity contribution in [2.45, 2.75) is 38.2 Å². The van der Waals surface area contributed by atoms with Gasteiger partial charge in [0.2, 0.25) is 0 Å². The van der Waals surface area contributed by atoms with E-state index >= 15 is 0 Å². The molecule has 1 aromatic carbocycles. The number of nitrogens with zero attached hydrogens (tertiary/aromatic N) is 1. The Kier molecular flexibility index (Phi) is 3.32. The van der Waals surface area contributed by atoms with Crippen molar-refractivity contribution in [3.63, 3.8) is 0 Å². The Labute approximate surface area is 104 Å². The van der Waals surface area contributed by atoms with Crippen LogP contribution >= 0.6 is 0 Å². The Balaban J connectivity index is 1.48. The second-order valence-electron chi connectivity index (χ2n) is 5.24. The van der Waals surface area contributed by atoms with Crippen LogP contribution in [0.3, 0.4) is 0 Å². The molecule has 0 radical (unpaired) electrons. The SMILES string of the molecule is c1ccc2c(c1)CC(CCN1CCCCC1)O2. The van der Waals surface area contributed by atoms with Crippen molar-refractivity contribution < 1.29 is 4.74 Å². The molecular formula is C15H21NO. The highest BCUT2D eigenvalue weighted by molar-refractivity contribution is 5.37. The van der Waals surface area contributed by atoms with E-state index in [9.17, 15) is 0 Å². The number of piperidine rings is 1. The monoisotopic (exact) mass is 231 g/mol. The average Bonchev–Trinajstić information content (AvgIpc) is 2.80. The van der Waals surface area contributed by atoms with Gasteiger partial charge in [0, 0.05) is 13.0 Å². The van der Waals surface area contributed by atoms with E-state index in [-0.39, 0.29) is 0 Å². The Morgan fingerprint density at radius 1 is 1.12 bits per heavy atom. The van der Waals surface area contributed by atoms with Gasteiger partial charge in [-0.3, -0.25) is 0 Å². The highest BCUT2D eigenvalue weighted by Gasteiger charge is 2.22. The smallest absolute Gasteiger partial charge is 0.123 e. The first-order valence-electron chi connectivity index (χ1n) is 6.89. The fourth-order valence-corrected chi connectivity index (χ4v) is 2.92. The number of para-hydroxylation sites is 1. The van der Waals surface area contributed by atoms with Crippen LogP contribution in [0.1, 0.15) is 31.2 Å². The molecule has 1 aromatic rings. The zero-order valence-corrected chi connectivity index (χ0v) is 10.4. The van der Waals surface area contributed by atoms with Gasteiger partial charge in [-0.05, 0) is 44.0 Å². The predicted molar refractivity (Wildman–Crippen MR) is 69.5 cm³/mol. The first kappa shape index (κ1) is 11.1. The van der Waals surface area contributed by atoms with Crippen LogP contribution in [0.4, 0.5) is 0 Å². The zero-order valence-electron chi connectivity index (χ0n) is 10.4. The first-order chi connectivity index (χ1) is 8.42. The fourth-order valence-electron chi connectivity index (χ4n) is 2.92. The molecule has 2 aliphatic heterocycles. The zero-order chi connectivity index (χ0) is 11.5. The quantitative estimate of drug-likeness (QED) is 0.793. The number of ether oxygens (including phenoxy) is 1. The molecular weight excluding hydrogens is 210 g/mol. The van der Waals surface area contributed by atoms with Gasteiger partial charge in [-0.2, -0.15) is 0 Å². The van der Waals surface area contributed by atoms with E-state index in [1.165, 1.54) is 50.9 Å². The minimum Gasteiger partial charge on any atom is -0.490 e. The summed E-state index contributed by atoms with van der Waals surface area (Å²) in [5.74, 6) is 1.11. The van der Waals surface area contributed by atoms with Gasteiger partial charge in [0.1, 0.15) is 11.9 Å². The third-order valence-corrected chi connectivity index (χ3v) is 3.93. The number of hydrogen-bond acceptors (Lipinski definition) is 2. The summed E-state index contributed by atoms with van der Waals surface area (Å²) in [5, 5.41) is 0. The van der Waals surface area contributed by atoms with E-state index in [4.69, 9.17) is 4.74 Å². The van der Waals surface area contributed by atoms with Gasteiger partial charge in [0.25, 0.3) is 0 Å². The van der Waals surface area contributed by atoms with Gasteiger partial charge in [0.05, 0.1) is 0 Å². The number of rotatable bonds is 3. The molecule has 2 heteroatoms. The summed E-state index contributed by atoms with van der Waals surface area (Å²) in [6.45, 7) is 3.79. The Hall–Kier alpha value is -1.02. The van der Waals surface area contributed by atoms with E-state index in [1.807, 2.05) is 0 Å². The summed E-state index contributed by atoms with van der Waals surface area (Å²) in [6.07, 6.45) is 6.87. The predicted octanol–water partition coefficient (Wildman–Crippen LogP) is 2.87. The largest absolute Gasteiger partial charge is 0.490 e. The average molecular weight is 231 g/mol. The lowest BCUT2D eigenvalue weighted by atomic mass is 10.1. The third-order valence-electron chi connectivity index (χ3n) is 3.93. The van der Waals surface area contributed by atoms with E-state index in [2.05, 4.69) is 29.2 Å². The van der Waals surface area contributed by atoms with Gasteiger partial charge in [0.15, 0.2) is 0 Å². The number of fused-ring (bicyclic) bond motifs is 1. The second kappa shape index (κ2) is 5.09. The van der Waals surface area contributed by atoms with Crippen LogP contribution in [0.5, 0.6) is 5.75 Å². The molecule has 17 heavy (non-hydrogen) atoms. The van der Waals surface area contributed by atoms with Gasteiger partial charge >= 0.3 is 0 Å². The minimum atomic E-state index is 0.411. The lowest BCUT2D eigenvalue weighted by molar-refractivity contribution is 0.167. The van der Waals surface area contributed by atoms with E-state index in [0.717, 1.165) is 12.2 Å². The van der Waals surface area contributed by atoms with Crippen molar-refractivity contribution in [2.75, 3.05) is 19.6 Å². The molecule has 1 saturated heterocycles. The van der Waals surface area contributed by atoms with Gasteiger partial charge in [-0.1, -0.05) is 24.6 Å². The molecule has 0 bridgehead atoms. The maximum atomic E-state index is 5.97. The van der Waals surface area contributed by atoms with Crippen molar-refractivity contribution in [1.29, 1.82) is 0 Å². The summed E-state index contributed by atoms with van der Waals surface area (Å²) in [5.41, 5.74) is 1.39. The molecule has 2 heterocycles. The van der Waals surface area contributed by atoms with Crippen LogP contribution in [-0.4, -0.2) is 30.6 Å². The third kappa shape index (κ3) is 2.63. The molecule has 0 saturated carbocycles. The molecule has 2 aliphatic rings. The maximum Gasteiger partial charge on any atom is 0.123 e. The van der Waals surface area contributed by atoms with Gasteiger partial charge < -0.3 is 9.64 Å². The highest BCUT2D eigenvalue weighted by atomic mass is 16.5. The topological polar surface area (TPSA) is 12.5 Å². The molecule has 3 rings (SSSR count). The normalized spacial score (nSPS) is 24.4. The van der Waals surface area contributed by atoms with Crippen molar-refractivity contribution in [1.82, 2.24) is 4.90 Å². The van der Waals surface area contributed by atoms with Crippen molar-refractivity contribution >= 4 is 0 Å². The van der Waals surface area contributed by atoms with Crippen LogP contribution < -0.4 is 4.74 Å². The second-order valence-corrected chi connectivity index (χ2v) is 5.24. The van der Waals surface area contributed by atoms with E-state index < -0.39 is 0 Å². The van der Waals surface area contributed by atoms with E-state index in [0.29, 0.717) is 6.10 Å². The standard InChI is InChI=1S/C15H21NO/c1-4-9-16(10-5-1)11-8-14-12-13-6-2-3-7-15(13)17-14/h2-3,6-7,14H,1,4-5,8-12H2. The molecule has 2 nitrogen and oxygen atoms in total. The Morgan fingerprint density at radius 3 is 2.76 bits per heavy atom. The van der Waals surface area contributed by atoms with Gasteiger partial charge in [-0.25, -0.2) is 0 Å². The van der Waals surface area contributed by atoms with Crippen LogP contribution in [0.2, 0.25) is 0 Å². The lowest BCUT2D eigenvalue weighted by Crippen LogP contribution is -2.33. The summed E-state index contributed by atoms with van der Waals surface area (Å²) in [7, 11) is 0. The summed E-state index contributed by atoms with van der Waals surface area (Å²) >= 11 is 0. The minimum absolute atomic E-state index is 0.411. The molecule has 0 amide bonds. The lowest BCUT2D eigenvalue weighted by Gasteiger charge is -2.27. The van der Waals surface area contributed by atoms with Crippen LogP contribution in [0.15, 0.2) is 24.3 Å². The number of likely N-dealkylation sites (tertiary alicyclic amines) is 1. The summed E-state index contributed by atoms with van der Waals surface area (Å²) in [6, 6.07) is 8.45. The van der Waals surface area contributed by atoms with Crippen molar-refractivity contribution in [3.8, 4) is 5.75 Å². The maximum absolute atomic E-state index is 5.97. The Morgan fingerprint density at radius 2 is 1.94 bits per heavy atom. The highest BCUT2D eigenvalue weighted by Crippen LogP contribution is 2.29. The summed E-state index contributed by atoms with van der Waals surface area (Å²) in [4.78, 5) is 2.59. The Bertz CT molecular complexity index is 346. The fraction of sp³-hybridized carbons (Fsp3) is 0.600. The molecule has 1 unspecified atom stereocenters. The molecule has 0 spiro atoms. The molecule has 1 fully saturated rings. The van der Waals surface area contributed by atoms with Crippen LogP contribution in [-0.2, 0) is 6.42 Å². The van der Waals surface area contributed by atoms with Crippen LogP contribution in [0, 0.1) is 0 Å². The molecule has 0 N–H and O–H groups in total. The van der Waals surface area contributed by atoms with Crippen molar-refractivity contribution in [3.05, 3.63) is 29.8 Å². The first-order valence-corrected chi connectivity index (χ1v) is 6.89. The molecule has 0 aromatic heterocycles. The van der Waals surface area contributed by atoms with Gasteiger partial charge in [-0.15, -0.1) is 0 Å². The van der Waals surface area contributed by atoms with Crippen LogP contribution in [0.25, 0.3) is 0 Å². The number of benzene rings is 1. The number of hydrogen-bond donors (Lipinski definition) is 0. The van der Waals surface area contributed by atoms with Crippen molar-refractivity contribution in [2.24, 2.45) is 0 Å². The molecule has 0 aliphatic carbocycles.